The van der Waals surface area contributed by atoms with Crippen molar-refractivity contribution in [3.8, 4) is 5.75 Å². The smallest absolute Gasteiger partial charge is 0.251 e. The molecule has 0 aliphatic rings. The number of methoxy groups -OCH3 is 1. The highest BCUT2D eigenvalue weighted by Gasteiger charge is 2.26. The molecule has 2 aromatic carbocycles. The molecule has 0 aliphatic carbocycles. The van der Waals surface area contributed by atoms with E-state index < -0.39 is 0 Å². The summed E-state index contributed by atoms with van der Waals surface area (Å²) in [5.74, 6) is 1.34. The van der Waals surface area contributed by atoms with Crippen molar-refractivity contribution >= 4 is 29.3 Å². The van der Waals surface area contributed by atoms with E-state index in [2.05, 4.69) is 26.9 Å². The maximum Gasteiger partial charge on any atom is 0.251 e. The summed E-state index contributed by atoms with van der Waals surface area (Å²) >= 11 is 1.33. The predicted octanol–water partition coefficient (Wildman–Crippen LogP) is 4.78. The summed E-state index contributed by atoms with van der Waals surface area (Å²) in [7, 11) is 1.59. The van der Waals surface area contributed by atoms with Crippen LogP contribution < -0.4 is 15.4 Å². The molecule has 2 N–H and O–H groups in total. The molecule has 0 fully saturated rings. The van der Waals surface area contributed by atoms with Crippen molar-refractivity contribution in [1.29, 1.82) is 0 Å². The summed E-state index contributed by atoms with van der Waals surface area (Å²) < 4.78 is 7.12. The number of aromatic nitrogens is 3. The van der Waals surface area contributed by atoms with Crippen LogP contribution in [0.5, 0.6) is 5.75 Å². The van der Waals surface area contributed by atoms with Crippen LogP contribution in [-0.2, 0) is 11.3 Å². The van der Waals surface area contributed by atoms with E-state index in [0.29, 0.717) is 28.8 Å². The number of nitrogens with zero attached hydrogens (tertiary/aromatic N) is 3. The lowest BCUT2D eigenvalue weighted by atomic mass is 10.0. The molecule has 3 rings (SSSR count). The van der Waals surface area contributed by atoms with Gasteiger partial charge < -0.3 is 19.9 Å². The van der Waals surface area contributed by atoms with Crippen LogP contribution in [0.4, 0.5) is 5.69 Å². The van der Waals surface area contributed by atoms with Gasteiger partial charge in [0.2, 0.25) is 5.91 Å². The summed E-state index contributed by atoms with van der Waals surface area (Å²) in [6, 6.07) is 12.6. The molecule has 1 atom stereocenters. The summed E-state index contributed by atoms with van der Waals surface area (Å²) in [6.45, 7) is 10.7. The number of carbonyl (C=O) groups is 2. The van der Waals surface area contributed by atoms with Crippen molar-refractivity contribution in [3.63, 3.8) is 0 Å². The van der Waals surface area contributed by atoms with Crippen LogP contribution >= 0.6 is 11.8 Å². The Kier molecular flexibility index (Phi) is 8.92. The normalized spacial score (nSPS) is 11.9. The number of hydrogen-bond donors (Lipinski definition) is 2. The van der Waals surface area contributed by atoms with Gasteiger partial charge in [0.25, 0.3) is 5.91 Å². The molecular formula is C26H33N5O3S. The maximum absolute atomic E-state index is 12.9. The van der Waals surface area contributed by atoms with E-state index in [1.54, 1.807) is 31.4 Å². The van der Waals surface area contributed by atoms with Gasteiger partial charge in [-0.3, -0.25) is 9.59 Å². The number of aryl methyl sites for hydroxylation is 2. The molecule has 1 aromatic heterocycles. The first-order valence-corrected chi connectivity index (χ1v) is 12.6. The molecule has 186 valence electrons. The van der Waals surface area contributed by atoms with Gasteiger partial charge in [0, 0.05) is 17.8 Å². The Morgan fingerprint density at radius 3 is 2.29 bits per heavy atom. The summed E-state index contributed by atoms with van der Waals surface area (Å²) in [5.41, 5.74) is 3.52. The van der Waals surface area contributed by atoms with Crippen molar-refractivity contribution in [2.75, 3.05) is 18.2 Å². The minimum absolute atomic E-state index is 0.0809. The second-order valence-electron chi connectivity index (χ2n) is 8.72. The fourth-order valence-electron chi connectivity index (χ4n) is 3.80. The van der Waals surface area contributed by atoms with E-state index in [0.717, 1.165) is 16.8 Å². The topological polar surface area (TPSA) is 98.1 Å². The first-order chi connectivity index (χ1) is 16.7. The Morgan fingerprint density at radius 1 is 1.06 bits per heavy atom. The van der Waals surface area contributed by atoms with Crippen molar-refractivity contribution in [1.82, 2.24) is 20.1 Å². The van der Waals surface area contributed by atoms with Gasteiger partial charge in [0.15, 0.2) is 11.0 Å². The molecule has 0 bridgehead atoms. The maximum atomic E-state index is 12.9. The third-order valence-corrected chi connectivity index (χ3v) is 6.45. The van der Waals surface area contributed by atoms with Gasteiger partial charge >= 0.3 is 0 Å². The molecule has 0 aliphatic heterocycles. The van der Waals surface area contributed by atoms with Gasteiger partial charge in [-0.25, -0.2) is 0 Å². The second-order valence-corrected chi connectivity index (χ2v) is 9.66. The largest absolute Gasteiger partial charge is 0.497 e. The van der Waals surface area contributed by atoms with Crippen LogP contribution in [0.1, 0.15) is 54.1 Å². The van der Waals surface area contributed by atoms with Crippen LogP contribution in [0.15, 0.2) is 47.6 Å². The average molecular weight is 496 g/mol. The third kappa shape index (κ3) is 6.85. The van der Waals surface area contributed by atoms with Crippen LogP contribution in [-0.4, -0.2) is 39.4 Å². The Hall–Kier alpha value is -3.33. The molecule has 9 heteroatoms. The van der Waals surface area contributed by atoms with E-state index in [9.17, 15) is 9.59 Å². The molecule has 35 heavy (non-hydrogen) atoms. The minimum Gasteiger partial charge on any atom is -0.497 e. The second kappa shape index (κ2) is 11.9. The molecule has 0 saturated heterocycles. The Bertz CT molecular complexity index is 1150. The average Bonchev–Trinajstić information content (AvgIpc) is 3.22. The molecule has 0 radical (unpaired) electrons. The Labute approximate surface area is 210 Å². The fourth-order valence-corrected chi connectivity index (χ4v) is 4.61. The lowest BCUT2D eigenvalue weighted by Crippen LogP contribution is -2.33. The quantitative estimate of drug-likeness (QED) is 0.393. The molecule has 0 spiro atoms. The Balaban J connectivity index is 1.70. The van der Waals surface area contributed by atoms with Gasteiger partial charge in [0.1, 0.15) is 5.75 Å². The molecule has 3 aromatic rings. The number of nitrogens with one attached hydrogen (secondary N) is 2. The highest BCUT2D eigenvalue weighted by atomic mass is 32.2. The lowest BCUT2D eigenvalue weighted by Gasteiger charge is -2.22. The van der Waals surface area contributed by atoms with Crippen LogP contribution in [0.25, 0.3) is 0 Å². The van der Waals surface area contributed by atoms with Gasteiger partial charge in [-0.05, 0) is 74.2 Å². The molecule has 0 saturated carbocycles. The highest BCUT2D eigenvalue weighted by Crippen LogP contribution is 2.26. The molecule has 0 unspecified atom stereocenters. The van der Waals surface area contributed by atoms with Gasteiger partial charge in [0.05, 0.1) is 18.9 Å². The first-order valence-electron chi connectivity index (χ1n) is 11.6. The van der Waals surface area contributed by atoms with E-state index in [1.807, 2.05) is 51.3 Å². The summed E-state index contributed by atoms with van der Waals surface area (Å²) in [4.78, 5) is 25.5. The molecular weight excluding hydrogens is 462 g/mol. The van der Waals surface area contributed by atoms with Crippen LogP contribution in [0.3, 0.4) is 0 Å². The van der Waals surface area contributed by atoms with E-state index >= 15 is 0 Å². The zero-order valence-corrected chi connectivity index (χ0v) is 21.9. The third-order valence-electron chi connectivity index (χ3n) is 5.48. The van der Waals surface area contributed by atoms with E-state index in [-0.39, 0.29) is 29.5 Å². The number of carbonyl (C=O) groups excluding carboxylic acids is 2. The predicted molar refractivity (Wildman–Crippen MR) is 139 cm³/mol. The number of rotatable bonds is 10. The zero-order chi connectivity index (χ0) is 25.5. The summed E-state index contributed by atoms with van der Waals surface area (Å²) in [5, 5.41) is 15.4. The van der Waals surface area contributed by atoms with Gasteiger partial charge in [-0.2, -0.15) is 0 Å². The van der Waals surface area contributed by atoms with Crippen LogP contribution in [0.2, 0.25) is 0 Å². The summed E-state index contributed by atoms with van der Waals surface area (Å²) in [6.07, 6.45) is 0. The fraction of sp³-hybridized carbons (Fsp3) is 0.385. The number of hydrogen-bond acceptors (Lipinski definition) is 6. The molecule has 1 heterocycles. The standard InChI is InChI=1S/C26H33N5O3S/c1-7-31-24(23(16(2)3)28-25(33)19-8-10-21(34-6)11-9-19)29-30-26(31)35-15-22(32)27-20-13-17(4)12-18(5)14-20/h8-14,16,23H,7,15H2,1-6H3,(H,27,32)(H,28,33)/t23-/m1/s1. The van der Waals surface area contributed by atoms with Crippen molar-refractivity contribution in [2.45, 2.75) is 52.4 Å². The monoisotopic (exact) mass is 495 g/mol. The van der Waals surface area contributed by atoms with E-state index in [1.165, 1.54) is 11.8 Å². The molecule has 2 amide bonds. The number of thioether (sulfide) groups is 1. The Morgan fingerprint density at radius 2 is 1.71 bits per heavy atom. The van der Waals surface area contributed by atoms with Crippen molar-refractivity contribution in [3.05, 3.63) is 65.0 Å². The number of ether oxygens (including phenoxy) is 1. The number of anilines is 1. The van der Waals surface area contributed by atoms with Gasteiger partial charge in [-0.1, -0.05) is 31.7 Å². The minimum atomic E-state index is -0.338. The van der Waals surface area contributed by atoms with Crippen molar-refractivity contribution in [2.24, 2.45) is 5.92 Å². The highest BCUT2D eigenvalue weighted by molar-refractivity contribution is 7.99. The first kappa shape index (κ1) is 26.3. The molecule has 8 nitrogen and oxygen atoms in total. The zero-order valence-electron chi connectivity index (χ0n) is 21.1. The lowest BCUT2D eigenvalue weighted by molar-refractivity contribution is -0.113. The van der Waals surface area contributed by atoms with Crippen LogP contribution in [0, 0.1) is 19.8 Å². The van der Waals surface area contributed by atoms with E-state index in [4.69, 9.17) is 4.74 Å². The number of benzene rings is 2. The van der Waals surface area contributed by atoms with Crippen molar-refractivity contribution < 1.29 is 14.3 Å². The SMILES string of the molecule is CCn1c(SCC(=O)Nc2cc(C)cc(C)c2)nnc1[C@H](NC(=O)c1ccc(OC)cc1)C(C)C. The van der Waals surface area contributed by atoms with Gasteiger partial charge in [-0.15, -0.1) is 10.2 Å². The number of amides is 2.